The summed E-state index contributed by atoms with van der Waals surface area (Å²) in [6.07, 6.45) is 5.62. The normalized spacial score (nSPS) is 14.3. The van der Waals surface area contributed by atoms with Gasteiger partial charge in [-0.15, -0.1) is 0 Å². The van der Waals surface area contributed by atoms with Crippen molar-refractivity contribution in [3.8, 4) is 11.4 Å². The number of benzene rings is 1. The van der Waals surface area contributed by atoms with E-state index >= 15 is 0 Å². The van der Waals surface area contributed by atoms with E-state index in [0.29, 0.717) is 19.0 Å². The standard InChI is InChI=1S/C24H25FN6O/c1-15(2)18-13-27-22(16-3-5-17(25)6-4-16)30-23(18)29-19-7-8-26-24-21(19)20(14-28-24)31-9-11-32-12-10-31/h3-8,13-15H,9-12H2,1-2H3,(H2,26,27,28,29,30). The molecule has 0 radical (unpaired) electrons. The molecule has 0 aliphatic carbocycles. The maximum Gasteiger partial charge on any atom is 0.161 e. The third-order valence-electron chi connectivity index (χ3n) is 5.70. The molecule has 1 fully saturated rings. The number of aromatic nitrogens is 4. The molecule has 0 atom stereocenters. The number of halogens is 1. The van der Waals surface area contributed by atoms with Crippen LogP contribution in [0.15, 0.2) is 48.9 Å². The monoisotopic (exact) mass is 432 g/mol. The van der Waals surface area contributed by atoms with Crippen LogP contribution >= 0.6 is 0 Å². The summed E-state index contributed by atoms with van der Waals surface area (Å²) in [6, 6.07) is 8.18. The molecule has 0 spiro atoms. The van der Waals surface area contributed by atoms with Gasteiger partial charge in [-0.05, 0) is 36.2 Å². The summed E-state index contributed by atoms with van der Waals surface area (Å²) < 4.78 is 18.9. The van der Waals surface area contributed by atoms with Gasteiger partial charge in [-0.3, -0.25) is 0 Å². The van der Waals surface area contributed by atoms with Gasteiger partial charge in [-0.2, -0.15) is 0 Å². The van der Waals surface area contributed by atoms with Crippen molar-refractivity contribution < 1.29 is 9.13 Å². The van der Waals surface area contributed by atoms with E-state index in [1.807, 2.05) is 18.5 Å². The first-order chi connectivity index (χ1) is 15.6. The number of anilines is 3. The van der Waals surface area contributed by atoms with Gasteiger partial charge >= 0.3 is 0 Å². The van der Waals surface area contributed by atoms with Crippen LogP contribution < -0.4 is 10.2 Å². The minimum atomic E-state index is -0.284. The zero-order valence-corrected chi connectivity index (χ0v) is 18.1. The maximum atomic E-state index is 13.4. The smallest absolute Gasteiger partial charge is 0.161 e. The van der Waals surface area contributed by atoms with Gasteiger partial charge in [0.05, 0.1) is 30.0 Å². The largest absolute Gasteiger partial charge is 0.378 e. The molecule has 7 nitrogen and oxygen atoms in total. The molecule has 0 bridgehead atoms. The molecule has 8 heteroatoms. The molecule has 0 amide bonds. The molecule has 0 unspecified atom stereocenters. The predicted octanol–water partition coefficient (Wildman–Crippen LogP) is 4.86. The lowest BCUT2D eigenvalue weighted by Crippen LogP contribution is -2.36. The number of pyridine rings is 1. The van der Waals surface area contributed by atoms with E-state index in [4.69, 9.17) is 9.72 Å². The first-order valence-corrected chi connectivity index (χ1v) is 10.8. The lowest BCUT2D eigenvalue weighted by atomic mass is 10.1. The Morgan fingerprint density at radius 3 is 2.62 bits per heavy atom. The third kappa shape index (κ3) is 3.89. The second-order valence-electron chi connectivity index (χ2n) is 8.14. The molecule has 1 saturated heterocycles. The van der Waals surface area contributed by atoms with Gasteiger partial charge in [0.15, 0.2) is 5.82 Å². The summed E-state index contributed by atoms with van der Waals surface area (Å²) >= 11 is 0. The Bertz CT molecular complexity index is 1230. The van der Waals surface area contributed by atoms with E-state index in [-0.39, 0.29) is 11.7 Å². The highest BCUT2D eigenvalue weighted by molar-refractivity contribution is 6.01. The topological polar surface area (TPSA) is 79.0 Å². The van der Waals surface area contributed by atoms with Crippen molar-refractivity contribution >= 4 is 28.2 Å². The molecular formula is C24H25FN6O. The average molecular weight is 433 g/mol. The Balaban J connectivity index is 1.57. The van der Waals surface area contributed by atoms with Crippen molar-refractivity contribution in [1.82, 2.24) is 19.9 Å². The molecule has 1 aliphatic rings. The van der Waals surface area contributed by atoms with Crippen LogP contribution in [0.3, 0.4) is 0 Å². The molecule has 5 rings (SSSR count). The minimum Gasteiger partial charge on any atom is -0.378 e. The first-order valence-electron chi connectivity index (χ1n) is 10.8. The number of rotatable bonds is 5. The zero-order chi connectivity index (χ0) is 22.1. The number of hydrogen-bond donors (Lipinski definition) is 2. The fourth-order valence-electron chi connectivity index (χ4n) is 3.98. The molecular weight excluding hydrogens is 407 g/mol. The van der Waals surface area contributed by atoms with Gasteiger partial charge in [0.2, 0.25) is 0 Å². The van der Waals surface area contributed by atoms with Gasteiger partial charge in [0.1, 0.15) is 17.3 Å². The average Bonchev–Trinajstić information content (AvgIpc) is 3.25. The highest BCUT2D eigenvalue weighted by Gasteiger charge is 2.20. The quantitative estimate of drug-likeness (QED) is 0.469. The van der Waals surface area contributed by atoms with Crippen LogP contribution in [-0.2, 0) is 4.74 Å². The summed E-state index contributed by atoms with van der Waals surface area (Å²) in [7, 11) is 0. The molecule has 1 aliphatic heterocycles. The van der Waals surface area contributed by atoms with Gasteiger partial charge in [0.25, 0.3) is 0 Å². The van der Waals surface area contributed by atoms with Gasteiger partial charge in [-0.25, -0.2) is 19.3 Å². The van der Waals surface area contributed by atoms with E-state index in [0.717, 1.165) is 52.4 Å². The molecule has 1 aromatic carbocycles. The lowest BCUT2D eigenvalue weighted by molar-refractivity contribution is 0.123. The van der Waals surface area contributed by atoms with Crippen LogP contribution in [0.1, 0.15) is 25.3 Å². The van der Waals surface area contributed by atoms with Crippen molar-refractivity contribution in [2.75, 3.05) is 36.5 Å². The van der Waals surface area contributed by atoms with E-state index in [1.54, 1.807) is 18.3 Å². The number of nitrogens with zero attached hydrogens (tertiary/aromatic N) is 4. The second-order valence-corrected chi connectivity index (χ2v) is 8.14. The Labute approximate surface area is 185 Å². The van der Waals surface area contributed by atoms with Crippen LogP contribution in [0.25, 0.3) is 22.4 Å². The van der Waals surface area contributed by atoms with Crippen molar-refractivity contribution in [1.29, 1.82) is 0 Å². The van der Waals surface area contributed by atoms with Gasteiger partial charge in [-0.1, -0.05) is 13.8 Å². The van der Waals surface area contributed by atoms with Crippen molar-refractivity contribution in [2.24, 2.45) is 0 Å². The Hall–Kier alpha value is -3.52. The molecule has 164 valence electrons. The Morgan fingerprint density at radius 2 is 1.88 bits per heavy atom. The van der Waals surface area contributed by atoms with Crippen molar-refractivity contribution in [3.05, 3.63) is 60.3 Å². The molecule has 3 aromatic heterocycles. The van der Waals surface area contributed by atoms with Crippen molar-refractivity contribution in [3.63, 3.8) is 0 Å². The van der Waals surface area contributed by atoms with E-state index in [9.17, 15) is 4.39 Å². The molecule has 0 saturated carbocycles. The van der Waals surface area contributed by atoms with Crippen LogP contribution in [-0.4, -0.2) is 46.2 Å². The third-order valence-corrected chi connectivity index (χ3v) is 5.70. The summed E-state index contributed by atoms with van der Waals surface area (Å²) in [5.74, 6) is 1.22. The van der Waals surface area contributed by atoms with Gasteiger partial charge in [0, 0.05) is 42.8 Å². The van der Waals surface area contributed by atoms with Gasteiger partial charge < -0.3 is 19.9 Å². The number of hydrogen-bond acceptors (Lipinski definition) is 6. The number of ether oxygens (including phenoxy) is 1. The summed E-state index contributed by atoms with van der Waals surface area (Å²) in [5, 5.41) is 4.56. The van der Waals surface area contributed by atoms with E-state index in [1.165, 1.54) is 12.1 Å². The number of H-pyrrole nitrogens is 1. The van der Waals surface area contributed by atoms with E-state index < -0.39 is 0 Å². The van der Waals surface area contributed by atoms with Crippen LogP contribution in [0.5, 0.6) is 0 Å². The Kier molecular flexibility index (Phi) is 5.45. The zero-order valence-electron chi connectivity index (χ0n) is 18.1. The number of fused-ring (bicyclic) bond motifs is 1. The Morgan fingerprint density at radius 1 is 1.09 bits per heavy atom. The fraction of sp³-hybridized carbons (Fsp3) is 0.292. The number of morpholine rings is 1. The van der Waals surface area contributed by atoms with Crippen LogP contribution in [0, 0.1) is 5.82 Å². The highest BCUT2D eigenvalue weighted by Crippen LogP contribution is 2.35. The summed E-state index contributed by atoms with van der Waals surface area (Å²) in [4.78, 5) is 19.5. The molecule has 4 aromatic rings. The number of aromatic amines is 1. The molecule has 2 N–H and O–H groups in total. The SMILES string of the molecule is CC(C)c1cnc(-c2ccc(F)cc2)nc1Nc1ccnc2[nH]cc(N3CCOCC3)c12. The first kappa shape index (κ1) is 20.4. The summed E-state index contributed by atoms with van der Waals surface area (Å²) in [5.41, 5.74) is 4.60. The fourth-order valence-corrected chi connectivity index (χ4v) is 3.98. The van der Waals surface area contributed by atoms with Crippen LogP contribution in [0.4, 0.5) is 21.6 Å². The maximum absolute atomic E-state index is 13.4. The van der Waals surface area contributed by atoms with E-state index in [2.05, 4.69) is 39.0 Å². The highest BCUT2D eigenvalue weighted by atomic mass is 19.1. The number of nitrogens with one attached hydrogen (secondary N) is 2. The second kappa shape index (κ2) is 8.55. The van der Waals surface area contributed by atoms with Crippen molar-refractivity contribution in [2.45, 2.75) is 19.8 Å². The van der Waals surface area contributed by atoms with Crippen LogP contribution in [0.2, 0.25) is 0 Å². The molecule has 32 heavy (non-hydrogen) atoms. The minimum absolute atomic E-state index is 0.224. The summed E-state index contributed by atoms with van der Waals surface area (Å²) in [6.45, 7) is 7.31. The molecule has 4 heterocycles. The lowest BCUT2D eigenvalue weighted by Gasteiger charge is -2.28. The predicted molar refractivity (Wildman–Crippen MR) is 124 cm³/mol.